The number of alkyl halides is 1. The lowest BCUT2D eigenvalue weighted by atomic mass is 10.0. The molecule has 6 nitrogen and oxygen atoms in total. The number of carbonyl (C=O) groups excluding carboxylic acids is 1. The lowest BCUT2D eigenvalue weighted by Gasteiger charge is -2.28. The molecule has 200 valence electrons. The molecule has 2 aliphatic rings. The van der Waals surface area contributed by atoms with Crippen LogP contribution in [-0.4, -0.2) is 59.1 Å². The molecular formula is C28H30F3N5OS. The fraction of sp³-hybridized carbons (Fsp3) is 0.429. The Morgan fingerprint density at radius 1 is 1.13 bits per heavy atom. The second kappa shape index (κ2) is 10.7. The summed E-state index contributed by atoms with van der Waals surface area (Å²) in [5.74, 6) is -1.38. The number of rotatable bonds is 7. The Labute approximate surface area is 222 Å². The number of thiazole rings is 1. The Balaban J connectivity index is 1.14. The van der Waals surface area contributed by atoms with Crippen molar-refractivity contribution in [1.29, 1.82) is 0 Å². The molecule has 2 saturated heterocycles. The SMILES string of the molecule is O=C(NCCCN1CCC(F)CC1)c1ccc2c(c1)sc1nc(-c3c(F)cc([C@@H]4CCCN4)cc3F)cn12. The second-order valence-corrected chi connectivity index (χ2v) is 11.2. The number of likely N-dealkylation sites (tertiary alicyclic amines) is 1. The van der Waals surface area contributed by atoms with Crippen LogP contribution in [0.3, 0.4) is 0 Å². The van der Waals surface area contributed by atoms with E-state index in [1.165, 1.54) is 23.5 Å². The molecule has 2 aliphatic heterocycles. The summed E-state index contributed by atoms with van der Waals surface area (Å²) in [6, 6.07) is 8.20. The van der Waals surface area contributed by atoms with Crippen LogP contribution >= 0.6 is 11.3 Å². The maximum absolute atomic E-state index is 15.0. The summed E-state index contributed by atoms with van der Waals surface area (Å²) in [4.78, 5) is 20.0. The van der Waals surface area contributed by atoms with E-state index in [1.807, 2.05) is 16.5 Å². The van der Waals surface area contributed by atoms with Crippen molar-refractivity contribution in [2.45, 2.75) is 44.3 Å². The van der Waals surface area contributed by atoms with Gasteiger partial charge in [-0.15, -0.1) is 0 Å². The van der Waals surface area contributed by atoms with Gasteiger partial charge in [-0.25, -0.2) is 18.2 Å². The number of halogens is 3. The Hall–Kier alpha value is -2.95. The smallest absolute Gasteiger partial charge is 0.251 e. The molecule has 0 aliphatic carbocycles. The number of amides is 1. The number of imidazole rings is 1. The maximum Gasteiger partial charge on any atom is 0.251 e. The summed E-state index contributed by atoms with van der Waals surface area (Å²) in [6.07, 6.45) is 4.82. The zero-order valence-electron chi connectivity index (χ0n) is 21.0. The van der Waals surface area contributed by atoms with E-state index < -0.39 is 17.8 Å². The van der Waals surface area contributed by atoms with E-state index in [4.69, 9.17) is 0 Å². The number of benzene rings is 2. The average Bonchev–Trinajstić information content (AvgIpc) is 3.64. The fourth-order valence-corrected chi connectivity index (χ4v) is 6.55. The van der Waals surface area contributed by atoms with Gasteiger partial charge in [-0.3, -0.25) is 9.20 Å². The van der Waals surface area contributed by atoms with Gasteiger partial charge in [0.2, 0.25) is 0 Å². The highest BCUT2D eigenvalue weighted by atomic mass is 32.1. The van der Waals surface area contributed by atoms with Crippen LogP contribution in [0, 0.1) is 11.6 Å². The van der Waals surface area contributed by atoms with Crippen LogP contribution in [0.5, 0.6) is 0 Å². The fourth-order valence-electron chi connectivity index (χ4n) is 5.50. The highest BCUT2D eigenvalue weighted by molar-refractivity contribution is 7.23. The molecule has 2 N–H and O–H groups in total. The minimum atomic E-state index is -0.680. The zero-order chi connectivity index (χ0) is 26.2. The topological polar surface area (TPSA) is 61.7 Å². The standard InChI is InChI=1S/C28H30F3N5OS/c29-19-6-11-35(12-7-19)10-2-9-33-27(37)17-4-5-24-25(15-17)38-28-34-23(16-36(24)28)26-20(30)13-18(14-21(26)31)22-3-1-8-32-22/h4-5,13-16,19,22,32H,1-3,6-12H2,(H,33,37)/t22-/m0/s1. The van der Waals surface area contributed by atoms with E-state index in [9.17, 15) is 9.18 Å². The van der Waals surface area contributed by atoms with Gasteiger partial charge in [0, 0.05) is 37.4 Å². The first-order valence-electron chi connectivity index (χ1n) is 13.3. The lowest BCUT2D eigenvalue weighted by Crippen LogP contribution is -2.36. The maximum atomic E-state index is 15.0. The number of carbonyl (C=O) groups is 1. The van der Waals surface area contributed by atoms with Crippen LogP contribution in [0.1, 0.15) is 54.1 Å². The molecule has 2 aromatic heterocycles. The summed E-state index contributed by atoms with van der Waals surface area (Å²) in [7, 11) is 0. The Kier molecular flexibility index (Phi) is 7.11. The molecule has 1 atom stereocenters. The molecule has 0 bridgehead atoms. The molecule has 0 unspecified atom stereocenters. The lowest BCUT2D eigenvalue weighted by molar-refractivity contribution is 0.0950. The molecular weight excluding hydrogens is 511 g/mol. The first-order chi connectivity index (χ1) is 18.5. The number of piperidine rings is 1. The highest BCUT2D eigenvalue weighted by Gasteiger charge is 2.23. The number of aromatic nitrogens is 2. The number of hydrogen-bond donors (Lipinski definition) is 2. The van der Waals surface area contributed by atoms with Crippen molar-refractivity contribution in [2.24, 2.45) is 0 Å². The zero-order valence-corrected chi connectivity index (χ0v) is 21.8. The van der Waals surface area contributed by atoms with Crippen molar-refractivity contribution >= 4 is 32.4 Å². The molecule has 2 aromatic carbocycles. The Bertz CT molecular complexity index is 1450. The molecule has 4 aromatic rings. The third-order valence-electron chi connectivity index (χ3n) is 7.59. The molecule has 1 amide bonds. The van der Waals surface area contributed by atoms with Gasteiger partial charge in [0.05, 0.1) is 21.5 Å². The number of fused-ring (bicyclic) bond motifs is 3. The molecule has 10 heteroatoms. The summed E-state index contributed by atoms with van der Waals surface area (Å²) in [6.45, 7) is 3.80. The van der Waals surface area contributed by atoms with E-state index in [-0.39, 0.29) is 23.2 Å². The van der Waals surface area contributed by atoms with Crippen LogP contribution in [0.15, 0.2) is 36.5 Å². The summed E-state index contributed by atoms with van der Waals surface area (Å²) < 4.78 is 46.0. The summed E-state index contributed by atoms with van der Waals surface area (Å²) in [5.41, 5.74) is 2.12. The van der Waals surface area contributed by atoms with Crippen LogP contribution in [0.25, 0.3) is 26.4 Å². The summed E-state index contributed by atoms with van der Waals surface area (Å²) in [5, 5.41) is 6.23. The third kappa shape index (κ3) is 5.04. The highest BCUT2D eigenvalue weighted by Crippen LogP contribution is 2.34. The van der Waals surface area contributed by atoms with Crippen LogP contribution < -0.4 is 10.6 Å². The van der Waals surface area contributed by atoms with Crippen molar-refractivity contribution in [1.82, 2.24) is 24.9 Å². The molecule has 0 spiro atoms. The van der Waals surface area contributed by atoms with Crippen molar-refractivity contribution < 1.29 is 18.0 Å². The molecule has 4 heterocycles. The van der Waals surface area contributed by atoms with E-state index in [1.54, 1.807) is 12.3 Å². The summed E-state index contributed by atoms with van der Waals surface area (Å²) >= 11 is 1.37. The minimum Gasteiger partial charge on any atom is -0.352 e. The number of hydrogen-bond acceptors (Lipinski definition) is 5. The van der Waals surface area contributed by atoms with Crippen LogP contribution in [0.2, 0.25) is 0 Å². The molecule has 0 saturated carbocycles. The van der Waals surface area contributed by atoms with Gasteiger partial charge in [-0.1, -0.05) is 11.3 Å². The molecule has 6 rings (SSSR count). The average molecular weight is 542 g/mol. The van der Waals surface area contributed by atoms with Crippen molar-refractivity contribution in [3.05, 3.63) is 59.3 Å². The van der Waals surface area contributed by atoms with Gasteiger partial charge in [-0.2, -0.15) is 0 Å². The number of nitrogens with one attached hydrogen (secondary N) is 2. The number of nitrogens with zero attached hydrogens (tertiary/aromatic N) is 3. The van der Waals surface area contributed by atoms with E-state index >= 15 is 8.78 Å². The molecule has 2 fully saturated rings. The Morgan fingerprint density at radius 2 is 1.92 bits per heavy atom. The first-order valence-corrected chi connectivity index (χ1v) is 14.1. The van der Waals surface area contributed by atoms with Gasteiger partial charge >= 0.3 is 0 Å². The van der Waals surface area contributed by atoms with Crippen molar-refractivity contribution in [3.8, 4) is 11.3 Å². The van der Waals surface area contributed by atoms with Gasteiger partial charge in [0.25, 0.3) is 5.91 Å². The van der Waals surface area contributed by atoms with Crippen molar-refractivity contribution in [3.63, 3.8) is 0 Å². The predicted molar refractivity (Wildman–Crippen MR) is 143 cm³/mol. The third-order valence-corrected chi connectivity index (χ3v) is 8.61. The monoisotopic (exact) mass is 541 g/mol. The largest absolute Gasteiger partial charge is 0.352 e. The second-order valence-electron chi connectivity index (χ2n) is 10.2. The van der Waals surface area contributed by atoms with Gasteiger partial charge < -0.3 is 15.5 Å². The van der Waals surface area contributed by atoms with E-state index in [0.29, 0.717) is 35.5 Å². The van der Waals surface area contributed by atoms with Gasteiger partial charge in [0.15, 0.2) is 4.96 Å². The quantitative estimate of drug-likeness (QED) is 0.305. The predicted octanol–water partition coefficient (Wildman–Crippen LogP) is 5.47. The Morgan fingerprint density at radius 3 is 2.66 bits per heavy atom. The van der Waals surface area contributed by atoms with Crippen LogP contribution in [0.4, 0.5) is 13.2 Å². The molecule has 0 radical (unpaired) electrons. The van der Waals surface area contributed by atoms with Crippen molar-refractivity contribution in [2.75, 3.05) is 32.7 Å². The van der Waals surface area contributed by atoms with Gasteiger partial charge in [-0.05, 0) is 81.1 Å². The van der Waals surface area contributed by atoms with Crippen LogP contribution in [-0.2, 0) is 0 Å². The normalized spacial score (nSPS) is 19.1. The van der Waals surface area contributed by atoms with Gasteiger partial charge in [0.1, 0.15) is 17.8 Å². The molecule has 38 heavy (non-hydrogen) atoms. The first kappa shape index (κ1) is 25.3. The van der Waals surface area contributed by atoms with E-state index in [2.05, 4.69) is 20.5 Å². The van der Waals surface area contributed by atoms with E-state index in [0.717, 1.165) is 55.7 Å². The minimum absolute atomic E-state index is 0.0194.